The molecule has 3 nitrogen and oxygen atoms in total. The smallest absolute Gasteiger partial charge is 0.160 e. The van der Waals surface area contributed by atoms with Crippen molar-refractivity contribution in [3.8, 4) is 0 Å². The van der Waals surface area contributed by atoms with Gasteiger partial charge in [0, 0.05) is 12.7 Å². The Bertz CT molecular complexity index is 575. The molecule has 0 fully saturated rings. The third kappa shape index (κ3) is 4.19. The van der Waals surface area contributed by atoms with E-state index in [2.05, 4.69) is 27.5 Å². The Morgan fingerprint density at radius 1 is 1.19 bits per heavy atom. The van der Waals surface area contributed by atoms with E-state index >= 15 is 0 Å². The molecule has 0 N–H and O–H groups in total. The van der Waals surface area contributed by atoms with Crippen molar-refractivity contribution in [1.29, 1.82) is 0 Å². The molecule has 2 aromatic rings. The fourth-order valence-electron chi connectivity index (χ4n) is 2.70. The van der Waals surface area contributed by atoms with Crippen LogP contribution in [-0.4, -0.2) is 14.5 Å². The quantitative estimate of drug-likeness (QED) is 0.483. The van der Waals surface area contributed by atoms with Crippen LogP contribution in [0.4, 0.5) is 0 Å². The van der Waals surface area contributed by atoms with Crippen LogP contribution in [0.15, 0.2) is 12.3 Å². The summed E-state index contributed by atoms with van der Waals surface area (Å²) in [6.45, 7) is 7.24. The molecule has 1 atom stereocenters. The summed E-state index contributed by atoms with van der Waals surface area (Å²) in [5.74, 6) is 0.943. The third-order valence-corrected chi connectivity index (χ3v) is 4.04. The monoisotopic (exact) mass is 307 g/mol. The van der Waals surface area contributed by atoms with Crippen molar-refractivity contribution in [3.05, 3.63) is 23.7 Å². The lowest BCUT2D eigenvalue weighted by molar-refractivity contribution is 0.551. The molecule has 1 unspecified atom stereocenters. The number of imidazole rings is 1. The van der Waals surface area contributed by atoms with Crippen molar-refractivity contribution in [2.24, 2.45) is 0 Å². The molecule has 4 heteroatoms. The zero-order valence-electron chi connectivity index (χ0n) is 13.4. The van der Waals surface area contributed by atoms with E-state index in [0.717, 1.165) is 29.1 Å². The Morgan fingerprint density at radius 2 is 1.90 bits per heavy atom. The molecule has 2 heterocycles. The maximum atomic E-state index is 6.29. The molecule has 2 rings (SSSR count). The first-order chi connectivity index (χ1) is 10.1. The Hall–Kier alpha value is -1.09. The van der Waals surface area contributed by atoms with Gasteiger partial charge in [-0.1, -0.05) is 39.0 Å². The summed E-state index contributed by atoms with van der Waals surface area (Å²) in [5, 5.41) is -0.0837. The van der Waals surface area contributed by atoms with Crippen LogP contribution in [0.3, 0.4) is 0 Å². The van der Waals surface area contributed by atoms with Gasteiger partial charge in [0.15, 0.2) is 5.65 Å². The van der Waals surface area contributed by atoms with Crippen LogP contribution >= 0.6 is 11.6 Å². The van der Waals surface area contributed by atoms with E-state index in [1.54, 1.807) is 0 Å². The van der Waals surface area contributed by atoms with Crippen molar-refractivity contribution >= 4 is 22.8 Å². The second-order valence-electron chi connectivity index (χ2n) is 5.86. The Kier molecular flexibility index (Phi) is 6.04. The standard InChI is InChI=1S/C17H26ClN3/c1-4-5-6-7-8-9-10-21-16(14(3)18)20-15-11-13(2)12-19-17(15)21/h11-12,14H,4-10H2,1-3H3. The highest BCUT2D eigenvalue weighted by Gasteiger charge is 2.15. The number of hydrogen-bond donors (Lipinski definition) is 0. The van der Waals surface area contributed by atoms with Crippen LogP contribution in [0, 0.1) is 6.92 Å². The SMILES string of the molecule is CCCCCCCCn1c(C(C)Cl)nc2cc(C)cnc21. The van der Waals surface area contributed by atoms with Gasteiger partial charge in [-0.15, -0.1) is 11.6 Å². The van der Waals surface area contributed by atoms with Crippen molar-refractivity contribution in [2.75, 3.05) is 0 Å². The molecular formula is C17H26ClN3. The van der Waals surface area contributed by atoms with Gasteiger partial charge in [0.1, 0.15) is 11.3 Å². The third-order valence-electron chi connectivity index (χ3n) is 3.84. The fourth-order valence-corrected chi connectivity index (χ4v) is 2.87. The van der Waals surface area contributed by atoms with Crippen LogP contribution in [0.5, 0.6) is 0 Å². The first-order valence-corrected chi connectivity index (χ1v) is 8.54. The van der Waals surface area contributed by atoms with Crippen LogP contribution < -0.4 is 0 Å². The van der Waals surface area contributed by atoms with Gasteiger partial charge in [0.2, 0.25) is 0 Å². The molecule has 0 spiro atoms. The number of aryl methyl sites for hydroxylation is 2. The van der Waals surface area contributed by atoms with Crippen LogP contribution in [-0.2, 0) is 6.54 Å². The molecule has 0 radical (unpaired) electrons. The summed E-state index contributed by atoms with van der Waals surface area (Å²) < 4.78 is 2.20. The molecule has 0 amide bonds. The zero-order chi connectivity index (χ0) is 15.2. The molecule has 2 aromatic heterocycles. The van der Waals surface area contributed by atoms with Crippen LogP contribution in [0.2, 0.25) is 0 Å². The van der Waals surface area contributed by atoms with Gasteiger partial charge >= 0.3 is 0 Å². The number of fused-ring (bicyclic) bond motifs is 1. The number of alkyl halides is 1. The normalized spacial score (nSPS) is 13.0. The summed E-state index contributed by atoms with van der Waals surface area (Å²) in [6, 6.07) is 2.09. The Labute approximate surface area is 132 Å². The molecule has 0 saturated heterocycles. The molecule has 21 heavy (non-hydrogen) atoms. The van der Waals surface area contributed by atoms with Gasteiger partial charge in [-0.25, -0.2) is 9.97 Å². The summed E-state index contributed by atoms with van der Waals surface area (Å²) in [7, 11) is 0. The lowest BCUT2D eigenvalue weighted by atomic mass is 10.1. The van der Waals surface area contributed by atoms with Crippen molar-refractivity contribution in [1.82, 2.24) is 14.5 Å². The average molecular weight is 308 g/mol. The maximum Gasteiger partial charge on any atom is 0.160 e. The lowest BCUT2D eigenvalue weighted by Crippen LogP contribution is -2.05. The van der Waals surface area contributed by atoms with Crippen molar-refractivity contribution < 1.29 is 0 Å². The Morgan fingerprint density at radius 3 is 2.62 bits per heavy atom. The highest BCUT2D eigenvalue weighted by molar-refractivity contribution is 6.20. The van der Waals surface area contributed by atoms with Gasteiger partial charge in [-0.05, 0) is 31.9 Å². The largest absolute Gasteiger partial charge is 0.311 e. The van der Waals surface area contributed by atoms with Gasteiger partial charge in [-0.2, -0.15) is 0 Å². The minimum Gasteiger partial charge on any atom is -0.311 e. The number of nitrogens with zero attached hydrogens (tertiary/aromatic N) is 3. The first kappa shape index (κ1) is 16.3. The van der Waals surface area contributed by atoms with E-state index in [1.807, 2.05) is 20.0 Å². The van der Waals surface area contributed by atoms with Gasteiger partial charge in [-0.3, -0.25) is 0 Å². The highest BCUT2D eigenvalue weighted by Crippen LogP contribution is 2.24. The fraction of sp³-hybridized carbons (Fsp3) is 0.647. The summed E-state index contributed by atoms with van der Waals surface area (Å²) in [6.07, 6.45) is 9.64. The molecule has 116 valence electrons. The van der Waals surface area contributed by atoms with Gasteiger partial charge in [0.05, 0.1) is 5.38 Å². The molecule has 0 aliphatic carbocycles. The number of pyridine rings is 1. The molecule has 0 saturated carbocycles. The van der Waals surface area contributed by atoms with Crippen molar-refractivity contribution in [2.45, 2.75) is 71.2 Å². The highest BCUT2D eigenvalue weighted by atomic mass is 35.5. The summed E-state index contributed by atoms with van der Waals surface area (Å²) in [5.41, 5.74) is 3.07. The van der Waals surface area contributed by atoms with E-state index in [9.17, 15) is 0 Å². The van der Waals surface area contributed by atoms with Crippen LogP contribution in [0.25, 0.3) is 11.2 Å². The minimum atomic E-state index is -0.0837. The second-order valence-corrected chi connectivity index (χ2v) is 6.52. The topological polar surface area (TPSA) is 30.7 Å². The van der Waals surface area contributed by atoms with E-state index in [4.69, 9.17) is 11.6 Å². The molecule has 0 aromatic carbocycles. The predicted molar refractivity (Wildman–Crippen MR) is 89.9 cm³/mol. The van der Waals surface area contributed by atoms with Crippen molar-refractivity contribution in [3.63, 3.8) is 0 Å². The second kappa shape index (κ2) is 7.79. The average Bonchev–Trinajstić information content (AvgIpc) is 2.80. The van der Waals surface area contributed by atoms with E-state index < -0.39 is 0 Å². The number of unbranched alkanes of at least 4 members (excludes halogenated alkanes) is 5. The first-order valence-electron chi connectivity index (χ1n) is 8.10. The zero-order valence-corrected chi connectivity index (χ0v) is 14.2. The van der Waals surface area contributed by atoms with Crippen LogP contribution in [0.1, 0.15) is 69.1 Å². The Balaban J connectivity index is 2.08. The molecule has 0 aliphatic heterocycles. The van der Waals surface area contributed by atoms with Gasteiger partial charge in [0.25, 0.3) is 0 Å². The molecule has 0 bridgehead atoms. The van der Waals surface area contributed by atoms with E-state index in [-0.39, 0.29) is 5.38 Å². The summed E-state index contributed by atoms with van der Waals surface area (Å²) in [4.78, 5) is 9.22. The number of halogens is 1. The predicted octanol–water partition coefficient (Wildman–Crippen LogP) is 5.40. The molecule has 0 aliphatic rings. The lowest BCUT2D eigenvalue weighted by Gasteiger charge is -2.09. The number of hydrogen-bond acceptors (Lipinski definition) is 2. The van der Waals surface area contributed by atoms with Gasteiger partial charge < -0.3 is 4.57 Å². The number of aromatic nitrogens is 3. The number of rotatable bonds is 8. The molecular weight excluding hydrogens is 282 g/mol. The minimum absolute atomic E-state index is 0.0837. The van der Waals surface area contributed by atoms with E-state index in [0.29, 0.717) is 0 Å². The summed E-state index contributed by atoms with van der Waals surface area (Å²) >= 11 is 6.29. The van der Waals surface area contributed by atoms with E-state index in [1.165, 1.54) is 38.5 Å². The maximum absolute atomic E-state index is 6.29.